The first-order chi connectivity index (χ1) is 8.06. The Morgan fingerprint density at radius 1 is 1.41 bits per heavy atom. The lowest BCUT2D eigenvalue weighted by Gasteiger charge is -2.11. The molecule has 0 fully saturated rings. The minimum Gasteiger partial charge on any atom is -0.481 e. The smallest absolute Gasteiger partial charge is 0.310 e. The van der Waals surface area contributed by atoms with Gasteiger partial charge in [0.05, 0.1) is 10.8 Å². The van der Waals surface area contributed by atoms with Crippen LogP contribution in [0.2, 0.25) is 0 Å². The van der Waals surface area contributed by atoms with Crippen molar-refractivity contribution in [3.63, 3.8) is 0 Å². The van der Waals surface area contributed by atoms with Crippen LogP contribution >= 0.6 is 0 Å². The Labute approximate surface area is 99.2 Å². The summed E-state index contributed by atoms with van der Waals surface area (Å²) in [6, 6.07) is 5.73. The van der Waals surface area contributed by atoms with Crippen LogP contribution in [0.1, 0.15) is 37.7 Å². The Balaban J connectivity index is 2.87. The molecule has 5 nitrogen and oxygen atoms in total. The molecule has 17 heavy (non-hydrogen) atoms. The van der Waals surface area contributed by atoms with E-state index in [4.69, 9.17) is 5.11 Å². The number of unbranched alkanes of at least 4 members (excludes halogenated alkanes) is 1. The summed E-state index contributed by atoms with van der Waals surface area (Å²) < 4.78 is 0. The van der Waals surface area contributed by atoms with E-state index >= 15 is 0 Å². The van der Waals surface area contributed by atoms with Crippen LogP contribution in [-0.2, 0) is 4.79 Å². The van der Waals surface area contributed by atoms with E-state index in [1.165, 1.54) is 24.3 Å². The number of carbonyl (C=O) groups is 1. The summed E-state index contributed by atoms with van der Waals surface area (Å²) in [4.78, 5) is 21.1. The Kier molecular flexibility index (Phi) is 4.63. The van der Waals surface area contributed by atoms with Crippen molar-refractivity contribution in [3.8, 4) is 0 Å². The Bertz CT molecular complexity index is 399. The summed E-state index contributed by atoms with van der Waals surface area (Å²) in [5, 5.41) is 19.6. The molecular weight excluding hydrogens is 222 g/mol. The fraction of sp³-hybridized carbons (Fsp3) is 0.417. The van der Waals surface area contributed by atoms with Crippen LogP contribution in [0.15, 0.2) is 24.3 Å². The highest BCUT2D eigenvalue weighted by molar-refractivity contribution is 5.76. The molecule has 0 heterocycles. The highest BCUT2D eigenvalue weighted by atomic mass is 16.6. The van der Waals surface area contributed by atoms with E-state index in [0.29, 0.717) is 12.0 Å². The zero-order valence-electron chi connectivity index (χ0n) is 9.63. The van der Waals surface area contributed by atoms with E-state index in [2.05, 4.69) is 0 Å². The van der Waals surface area contributed by atoms with Gasteiger partial charge in [-0.05, 0) is 12.0 Å². The van der Waals surface area contributed by atoms with Gasteiger partial charge in [0.25, 0.3) is 5.69 Å². The fourth-order valence-electron chi connectivity index (χ4n) is 1.67. The monoisotopic (exact) mass is 237 g/mol. The number of hydrogen-bond acceptors (Lipinski definition) is 3. The van der Waals surface area contributed by atoms with Crippen molar-refractivity contribution in [3.05, 3.63) is 39.9 Å². The maximum atomic E-state index is 11.1. The van der Waals surface area contributed by atoms with Crippen LogP contribution in [-0.4, -0.2) is 16.0 Å². The third-order valence-electron chi connectivity index (χ3n) is 2.65. The van der Waals surface area contributed by atoms with Gasteiger partial charge in [0, 0.05) is 12.1 Å². The summed E-state index contributed by atoms with van der Waals surface area (Å²) >= 11 is 0. The number of carboxylic acid groups (broad SMARTS) is 1. The van der Waals surface area contributed by atoms with E-state index in [1.54, 1.807) is 0 Å². The van der Waals surface area contributed by atoms with Crippen LogP contribution in [0.4, 0.5) is 5.69 Å². The van der Waals surface area contributed by atoms with Gasteiger partial charge >= 0.3 is 5.97 Å². The highest BCUT2D eigenvalue weighted by Crippen LogP contribution is 2.24. The number of non-ortho nitro benzene ring substituents is 1. The Morgan fingerprint density at radius 3 is 2.41 bits per heavy atom. The number of carboxylic acids is 1. The van der Waals surface area contributed by atoms with Gasteiger partial charge in [0.15, 0.2) is 0 Å². The summed E-state index contributed by atoms with van der Waals surface area (Å²) in [5.41, 5.74) is 0.602. The summed E-state index contributed by atoms with van der Waals surface area (Å²) in [6.45, 7) is 1.99. The summed E-state index contributed by atoms with van der Waals surface area (Å²) in [7, 11) is 0. The number of nitro benzene ring substituents is 1. The standard InChI is InChI=1S/C12H15NO4/c1-2-3-4-11(12(14)15)9-5-7-10(8-6-9)13(16)17/h5-8,11H,2-4H2,1H3,(H,14,15). The first-order valence-electron chi connectivity index (χ1n) is 5.53. The number of nitro groups is 1. The quantitative estimate of drug-likeness (QED) is 0.609. The minimum absolute atomic E-state index is 0.0200. The fourth-order valence-corrected chi connectivity index (χ4v) is 1.67. The third-order valence-corrected chi connectivity index (χ3v) is 2.65. The second-order valence-electron chi connectivity index (χ2n) is 3.88. The predicted octanol–water partition coefficient (Wildman–Crippen LogP) is 2.95. The highest BCUT2D eigenvalue weighted by Gasteiger charge is 2.19. The molecule has 1 aromatic carbocycles. The molecule has 92 valence electrons. The SMILES string of the molecule is CCCCC(C(=O)O)c1ccc([N+](=O)[O-])cc1. The van der Waals surface area contributed by atoms with Gasteiger partial charge in [0.1, 0.15) is 0 Å². The molecule has 0 spiro atoms. The zero-order valence-corrected chi connectivity index (χ0v) is 9.63. The average molecular weight is 237 g/mol. The van der Waals surface area contributed by atoms with Crippen molar-refractivity contribution < 1.29 is 14.8 Å². The van der Waals surface area contributed by atoms with Crippen molar-refractivity contribution in [1.82, 2.24) is 0 Å². The molecule has 0 aliphatic heterocycles. The maximum absolute atomic E-state index is 11.1. The summed E-state index contributed by atoms with van der Waals surface area (Å²) in [6.07, 6.45) is 2.31. The van der Waals surface area contributed by atoms with Crippen molar-refractivity contribution in [2.75, 3.05) is 0 Å². The van der Waals surface area contributed by atoms with Crippen LogP contribution in [0.5, 0.6) is 0 Å². The molecule has 0 aliphatic carbocycles. The van der Waals surface area contributed by atoms with Gasteiger partial charge < -0.3 is 5.11 Å². The molecule has 1 aromatic rings. The number of aliphatic carboxylic acids is 1. The molecule has 1 rings (SSSR count). The van der Waals surface area contributed by atoms with Gasteiger partial charge in [-0.25, -0.2) is 0 Å². The van der Waals surface area contributed by atoms with Gasteiger partial charge in [0.2, 0.25) is 0 Å². The van der Waals surface area contributed by atoms with E-state index in [-0.39, 0.29) is 5.69 Å². The third kappa shape index (κ3) is 3.55. The molecule has 0 aliphatic rings. The molecular formula is C12H15NO4. The Hall–Kier alpha value is -1.91. The van der Waals surface area contributed by atoms with Gasteiger partial charge in [-0.1, -0.05) is 31.9 Å². The van der Waals surface area contributed by atoms with Crippen LogP contribution in [0.3, 0.4) is 0 Å². The topological polar surface area (TPSA) is 80.4 Å². The maximum Gasteiger partial charge on any atom is 0.310 e. The number of rotatable bonds is 6. The van der Waals surface area contributed by atoms with Crippen molar-refractivity contribution in [2.24, 2.45) is 0 Å². The number of benzene rings is 1. The number of nitrogens with zero attached hydrogens (tertiary/aromatic N) is 1. The first kappa shape index (κ1) is 13.2. The average Bonchev–Trinajstić information content (AvgIpc) is 2.29. The van der Waals surface area contributed by atoms with Crippen molar-refractivity contribution >= 4 is 11.7 Å². The minimum atomic E-state index is -0.882. The molecule has 0 saturated carbocycles. The van der Waals surface area contributed by atoms with Gasteiger partial charge in [-0.2, -0.15) is 0 Å². The van der Waals surface area contributed by atoms with Crippen LogP contribution in [0.25, 0.3) is 0 Å². The predicted molar refractivity (Wildman–Crippen MR) is 63.0 cm³/mol. The molecule has 1 N–H and O–H groups in total. The van der Waals surface area contributed by atoms with Gasteiger partial charge in [-0.15, -0.1) is 0 Å². The lowest BCUT2D eigenvalue weighted by Crippen LogP contribution is -2.11. The normalized spacial score (nSPS) is 12.1. The molecule has 0 bridgehead atoms. The lowest BCUT2D eigenvalue weighted by atomic mass is 9.93. The lowest BCUT2D eigenvalue weighted by molar-refractivity contribution is -0.384. The molecule has 0 aromatic heterocycles. The van der Waals surface area contributed by atoms with E-state index in [0.717, 1.165) is 12.8 Å². The first-order valence-corrected chi connectivity index (χ1v) is 5.53. The molecule has 0 radical (unpaired) electrons. The Morgan fingerprint density at radius 2 is 2.00 bits per heavy atom. The molecule has 1 unspecified atom stereocenters. The summed E-state index contributed by atoms with van der Waals surface area (Å²) in [5.74, 6) is -1.46. The number of hydrogen-bond donors (Lipinski definition) is 1. The van der Waals surface area contributed by atoms with Crippen LogP contribution in [0, 0.1) is 10.1 Å². The second kappa shape index (κ2) is 5.98. The van der Waals surface area contributed by atoms with Crippen LogP contribution < -0.4 is 0 Å². The largest absolute Gasteiger partial charge is 0.481 e. The van der Waals surface area contributed by atoms with Crippen molar-refractivity contribution in [1.29, 1.82) is 0 Å². The zero-order chi connectivity index (χ0) is 12.8. The molecule has 0 amide bonds. The van der Waals surface area contributed by atoms with Crippen molar-refractivity contribution in [2.45, 2.75) is 32.1 Å². The molecule has 1 atom stereocenters. The van der Waals surface area contributed by atoms with Gasteiger partial charge in [-0.3, -0.25) is 14.9 Å². The van der Waals surface area contributed by atoms with E-state index < -0.39 is 16.8 Å². The molecule has 0 saturated heterocycles. The second-order valence-corrected chi connectivity index (χ2v) is 3.88. The molecule has 5 heteroatoms. The van der Waals surface area contributed by atoms with E-state index in [1.807, 2.05) is 6.92 Å². The van der Waals surface area contributed by atoms with E-state index in [9.17, 15) is 14.9 Å².